The van der Waals surface area contributed by atoms with Crippen molar-refractivity contribution in [2.24, 2.45) is 0 Å². The molecule has 62 valence electrons. The molecule has 1 nitrogen and oxygen atoms in total. The van der Waals surface area contributed by atoms with Gasteiger partial charge < -0.3 is 5.41 Å². The van der Waals surface area contributed by atoms with Crippen molar-refractivity contribution in [3.8, 4) is 0 Å². The lowest BCUT2D eigenvalue weighted by Gasteiger charge is -2.03. The summed E-state index contributed by atoms with van der Waals surface area (Å²) >= 11 is 0. The SMILES string of the molecule is Cc1ccc(C2(F)CC2=N)cc1. The van der Waals surface area contributed by atoms with Crippen LogP contribution in [0.25, 0.3) is 0 Å². The first-order valence-corrected chi connectivity index (χ1v) is 3.97. The van der Waals surface area contributed by atoms with E-state index in [1.807, 2.05) is 19.1 Å². The van der Waals surface area contributed by atoms with Crippen molar-refractivity contribution in [3.63, 3.8) is 0 Å². The van der Waals surface area contributed by atoms with Crippen molar-refractivity contribution in [1.29, 1.82) is 5.41 Å². The van der Waals surface area contributed by atoms with E-state index in [1.165, 1.54) is 0 Å². The summed E-state index contributed by atoms with van der Waals surface area (Å²) in [5.41, 5.74) is 0.521. The number of rotatable bonds is 1. The van der Waals surface area contributed by atoms with E-state index in [0.717, 1.165) is 5.56 Å². The van der Waals surface area contributed by atoms with Crippen LogP contribution in [-0.2, 0) is 5.67 Å². The number of halogens is 1. The molecular weight excluding hydrogens is 153 g/mol. The van der Waals surface area contributed by atoms with Crippen LogP contribution in [0.1, 0.15) is 17.5 Å². The Morgan fingerprint density at radius 2 is 1.83 bits per heavy atom. The average molecular weight is 163 g/mol. The van der Waals surface area contributed by atoms with Crippen molar-refractivity contribution in [2.75, 3.05) is 0 Å². The second-order valence-electron chi connectivity index (χ2n) is 3.32. The molecule has 0 radical (unpaired) electrons. The van der Waals surface area contributed by atoms with E-state index >= 15 is 0 Å². The highest BCUT2D eigenvalue weighted by Crippen LogP contribution is 2.45. The molecule has 1 unspecified atom stereocenters. The summed E-state index contributed by atoms with van der Waals surface area (Å²) in [6.07, 6.45) is 0.274. The van der Waals surface area contributed by atoms with Crippen LogP contribution in [0.5, 0.6) is 0 Å². The minimum atomic E-state index is -1.42. The van der Waals surface area contributed by atoms with Crippen LogP contribution >= 0.6 is 0 Å². The second-order valence-corrected chi connectivity index (χ2v) is 3.32. The van der Waals surface area contributed by atoms with E-state index in [0.29, 0.717) is 5.56 Å². The lowest BCUT2D eigenvalue weighted by molar-refractivity contribution is 0.349. The Balaban J connectivity index is 2.37. The third kappa shape index (κ3) is 0.951. The molecule has 2 heteroatoms. The third-order valence-corrected chi connectivity index (χ3v) is 2.28. The highest BCUT2D eigenvalue weighted by Gasteiger charge is 2.52. The van der Waals surface area contributed by atoms with Crippen molar-refractivity contribution in [3.05, 3.63) is 35.4 Å². The van der Waals surface area contributed by atoms with Gasteiger partial charge in [0.05, 0.1) is 5.71 Å². The molecule has 1 aromatic carbocycles. The number of aryl methyl sites for hydroxylation is 1. The summed E-state index contributed by atoms with van der Waals surface area (Å²) in [7, 11) is 0. The van der Waals surface area contributed by atoms with Gasteiger partial charge in [0, 0.05) is 6.42 Å². The Hall–Kier alpha value is -1.18. The smallest absolute Gasteiger partial charge is 0.178 e. The van der Waals surface area contributed by atoms with Crippen LogP contribution in [-0.4, -0.2) is 5.71 Å². The van der Waals surface area contributed by atoms with E-state index in [-0.39, 0.29) is 12.1 Å². The van der Waals surface area contributed by atoms with Gasteiger partial charge in [-0.3, -0.25) is 0 Å². The fourth-order valence-electron chi connectivity index (χ4n) is 1.29. The largest absolute Gasteiger partial charge is 0.306 e. The zero-order chi connectivity index (χ0) is 8.77. The lowest BCUT2D eigenvalue weighted by Crippen LogP contribution is -2.00. The molecule has 0 amide bonds. The summed E-state index contributed by atoms with van der Waals surface area (Å²) in [6, 6.07) is 7.28. The zero-order valence-corrected chi connectivity index (χ0v) is 6.89. The predicted molar refractivity (Wildman–Crippen MR) is 46.3 cm³/mol. The van der Waals surface area contributed by atoms with Crippen LogP contribution in [0.3, 0.4) is 0 Å². The first kappa shape index (κ1) is 7.47. The normalized spacial score (nSPS) is 27.3. The maximum atomic E-state index is 13.5. The van der Waals surface area contributed by atoms with Crippen molar-refractivity contribution < 1.29 is 4.39 Å². The maximum absolute atomic E-state index is 13.5. The molecule has 1 saturated carbocycles. The van der Waals surface area contributed by atoms with Crippen LogP contribution in [0.15, 0.2) is 24.3 Å². The summed E-state index contributed by atoms with van der Waals surface area (Å²) in [6.45, 7) is 1.97. The van der Waals surface area contributed by atoms with Crippen LogP contribution < -0.4 is 0 Å². The first-order chi connectivity index (χ1) is 5.63. The van der Waals surface area contributed by atoms with Crippen LogP contribution in [0.4, 0.5) is 4.39 Å². The van der Waals surface area contributed by atoms with Gasteiger partial charge in [0.15, 0.2) is 5.67 Å². The second kappa shape index (κ2) is 2.16. The highest BCUT2D eigenvalue weighted by atomic mass is 19.1. The molecule has 0 saturated heterocycles. The van der Waals surface area contributed by atoms with Gasteiger partial charge in [0.1, 0.15) is 0 Å². The molecule has 1 N–H and O–H groups in total. The van der Waals surface area contributed by atoms with Gasteiger partial charge in [-0.1, -0.05) is 29.8 Å². The highest BCUT2D eigenvalue weighted by molar-refractivity contribution is 6.06. The fourth-order valence-corrected chi connectivity index (χ4v) is 1.29. The van der Waals surface area contributed by atoms with E-state index < -0.39 is 5.67 Å². The van der Waals surface area contributed by atoms with E-state index in [1.54, 1.807) is 12.1 Å². The molecule has 0 aliphatic heterocycles. The number of benzene rings is 1. The van der Waals surface area contributed by atoms with Gasteiger partial charge in [-0.05, 0) is 12.5 Å². The molecule has 0 heterocycles. The number of hydrogen-bond acceptors (Lipinski definition) is 1. The molecule has 1 aliphatic carbocycles. The van der Waals surface area contributed by atoms with Gasteiger partial charge in [0.25, 0.3) is 0 Å². The Morgan fingerprint density at radius 1 is 1.33 bits per heavy atom. The maximum Gasteiger partial charge on any atom is 0.178 e. The topological polar surface area (TPSA) is 23.9 Å². The molecule has 12 heavy (non-hydrogen) atoms. The molecule has 2 rings (SSSR count). The lowest BCUT2D eigenvalue weighted by atomic mass is 10.1. The van der Waals surface area contributed by atoms with Gasteiger partial charge in [0.2, 0.25) is 0 Å². The number of hydrogen-bond donors (Lipinski definition) is 1. The van der Waals surface area contributed by atoms with Crippen LogP contribution in [0.2, 0.25) is 0 Å². The molecule has 1 atom stereocenters. The summed E-state index contributed by atoms with van der Waals surface area (Å²) < 4.78 is 13.5. The first-order valence-electron chi connectivity index (χ1n) is 3.97. The van der Waals surface area contributed by atoms with Gasteiger partial charge in [-0.15, -0.1) is 0 Å². The molecule has 0 spiro atoms. The number of nitrogens with one attached hydrogen (secondary N) is 1. The average Bonchev–Trinajstić information content (AvgIpc) is 2.62. The molecule has 1 aromatic rings. The van der Waals surface area contributed by atoms with E-state index in [9.17, 15) is 4.39 Å². The zero-order valence-electron chi connectivity index (χ0n) is 6.89. The fraction of sp³-hybridized carbons (Fsp3) is 0.300. The van der Waals surface area contributed by atoms with E-state index in [4.69, 9.17) is 5.41 Å². The van der Waals surface area contributed by atoms with E-state index in [2.05, 4.69) is 0 Å². The van der Waals surface area contributed by atoms with Gasteiger partial charge in [-0.25, -0.2) is 4.39 Å². The van der Waals surface area contributed by atoms with Gasteiger partial charge in [-0.2, -0.15) is 0 Å². The molecule has 1 fully saturated rings. The van der Waals surface area contributed by atoms with Crippen LogP contribution in [0, 0.1) is 12.3 Å². The summed E-state index contributed by atoms with van der Waals surface area (Å²) in [5, 5.41) is 7.18. The quantitative estimate of drug-likeness (QED) is 0.658. The Labute approximate surface area is 70.7 Å². The monoisotopic (exact) mass is 163 g/mol. The number of alkyl halides is 1. The minimum Gasteiger partial charge on any atom is -0.306 e. The molecule has 1 aliphatic rings. The van der Waals surface area contributed by atoms with Gasteiger partial charge >= 0.3 is 0 Å². The summed E-state index contributed by atoms with van der Waals surface area (Å²) in [4.78, 5) is 0. The third-order valence-electron chi connectivity index (χ3n) is 2.28. The molecule has 0 aromatic heterocycles. The Bertz CT molecular complexity index is 328. The predicted octanol–water partition coefficient (Wildman–Crippen LogP) is 2.58. The summed E-state index contributed by atoms with van der Waals surface area (Å²) in [5.74, 6) is 0. The Morgan fingerprint density at radius 3 is 2.25 bits per heavy atom. The van der Waals surface area contributed by atoms with Crippen molar-refractivity contribution in [2.45, 2.75) is 19.0 Å². The van der Waals surface area contributed by atoms with Crippen molar-refractivity contribution >= 4 is 5.71 Å². The van der Waals surface area contributed by atoms with Crippen molar-refractivity contribution in [1.82, 2.24) is 0 Å². The standard InChI is InChI=1S/C10H10FN/c1-7-2-4-8(5-3-7)10(11)6-9(10)12/h2-5,12H,6H2,1H3. The molecule has 0 bridgehead atoms. The molecular formula is C10H10FN. The Kier molecular flexibility index (Phi) is 1.34. The minimum absolute atomic E-state index is 0.200.